The highest BCUT2D eigenvalue weighted by Gasteiger charge is 2.51. The van der Waals surface area contributed by atoms with Gasteiger partial charge in [-0.1, -0.05) is 0 Å². The summed E-state index contributed by atoms with van der Waals surface area (Å²) in [7, 11) is 3.92. The van der Waals surface area contributed by atoms with Gasteiger partial charge in [0.2, 0.25) is 0 Å². The number of aromatic nitrogens is 2. The van der Waals surface area contributed by atoms with Crippen LogP contribution in [0.3, 0.4) is 0 Å². The van der Waals surface area contributed by atoms with Gasteiger partial charge in [-0.05, 0) is 93.0 Å². The average Bonchev–Trinajstić information content (AvgIpc) is 3.38. The second kappa shape index (κ2) is 11.2. The Hall–Kier alpha value is -1.64. The van der Waals surface area contributed by atoms with Crippen molar-refractivity contribution in [2.24, 2.45) is 5.41 Å². The normalized spacial score (nSPS) is 28.1. The van der Waals surface area contributed by atoms with E-state index in [-0.39, 0.29) is 17.9 Å². The lowest BCUT2D eigenvalue weighted by atomic mass is 9.61. The zero-order chi connectivity index (χ0) is 26.8. The molecule has 1 spiro atoms. The van der Waals surface area contributed by atoms with Gasteiger partial charge in [-0.2, -0.15) is 5.10 Å². The molecule has 210 valence electrons. The second-order valence-electron chi connectivity index (χ2n) is 13.1. The van der Waals surface area contributed by atoms with Crippen LogP contribution < -0.4 is 0 Å². The van der Waals surface area contributed by atoms with Gasteiger partial charge in [0.05, 0.1) is 11.3 Å². The molecule has 2 aliphatic heterocycles. The van der Waals surface area contributed by atoms with Crippen molar-refractivity contribution in [1.29, 1.82) is 0 Å². The predicted octanol–water partition coefficient (Wildman–Crippen LogP) is 5.72. The average molecular weight is 519 g/mol. The maximum absolute atomic E-state index is 12.4. The van der Waals surface area contributed by atoms with Crippen LogP contribution in [0.2, 0.25) is 0 Å². The number of carbonyl (C=O) groups excluding carboxylic acids is 1. The molecule has 8 nitrogen and oxygen atoms in total. The molecule has 0 aromatic carbocycles. The van der Waals surface area contributed by atoms with Crippen molar-refractivity contribution in [3.63, 3.8) is 0 Å². The van der Waals surface area contributed by atoms with Gasteiger partial charge < -0.3 is 24.0 Å². The zero-order valence-electron chi connectivity index (χ0n) is 24.3. The molecular formula is C29H50N4O4. The topological polar surface area (TPSA) is 69.1 Å². The van der Waals surface area contributed by atoms with Crippen molar-refractivity contribution < 1.29 is 19.0 Å². The van der Waals surface area contributed by atoms with Gasteiger partial charge in [-0.15, -0.1) is 0 Å². The third-order valence-corrected chi connectivity index (χ3v) is 8.90. The van der Waals surface area contributed by atoms with E-state index in [1.54, 1.807) is 11.9 Å². The molecule has 1 atom stereocenters. The van der Waals surface area contributed by atoms with Gasteiger partial charge in [-0.25, -0.2) is 9.48 Å². The lowest BCUT2D eigenvalue weighted by Gasteiger charge is -2.45. The van der Waals surface area contributed by atoms with Crippen LogP contribution in [-0.2, 0) is 20.8 Å². The highest BCUT2D eigenvalue weighted by atomic mass is 16.6. The van der Waals surface area contributed by atoms with Crippen molar-refractivity contribution in [1.82, 2.24) is 19.6 Å². The van der Waals surface area contributed by atoms with E-state index in [9.17, 15) is 4.79 Å². The summed E-state index contributed by atoms with van der Waals surface area (Å²) < 4.78 is 19.8. The molecule has 1 aromatic rings. The first-order chi connectivity index (χ1) is 17.4. The smallest absolute Gasteiger partial charge is 0.410 e. The summed E-state index contributed by atoms with van der Waals surface area (Å²) in [6.07, 6.45) is 11.2. The molecule has 2 saturated heterocycles. The van der Waals surface area contributed by atoms with E-state index < -0.39 is 5.60 Å². The molecule has 4 rings (SSSR count). The van der Waals surface area contributed by atoms with Crippen molar-refractivity contribution >= 4 is 6.09 Å². The van der Waals surface area contributed by atoms with Crippen molar-refractivity contribution in [3.8, 4) is 0 Å². The molecule has 1 unspecified atom stereocenters. The first-order valence-corrected chi connectivity index (χ1v) is 14.4. The Morgan fingerprint density at radius 2 is 1.84 bits per heavy atom. The molecule has 3 fully saturated rings. The standard InChI is InChI=1S/C29H50N4O4/c1-27(2,3)37-26(34)32(7)17-16-31(6)20-23-21-33(24-10-8-9-18-35-24)30-25(23)22-11-13-29(14-12-22)15-19-36-28(29,4)5/h21-22,24H,8-20H2,1-7H3. The van der Waals surface area contributed by atoms with Gasteiger partial charge >= 0.3 is 6.09 Å². The molecule has 1 aliphatic carbocycles. The van der Waals surface area contributed by atoms with Gasteiger partial charge in [0, 0.05) is 63.0 Å². The molecule has 3 heterocycles. The van der Waals surface area contributed by atoms with E-state index in [1.165, 1.54) is 36.9 Å². The SMILES string of the molecule is CN(CCN(C)C(=O)OC(C)(C)C)Cc1cn(C2CCCCO2)nc1C1CCC2(CCOC2(C)C)CC1. The summed E-state index contributed by atoms with van der Waals surface area (Å²) in [5.74, 6) is 0.472. The van der Waals surface area contributed by atoms with Crippen molar-refractivity contribution in [3.05, 3.63) is 17.5 Å². The van der Waals surface area contributed by atoms with Crippen LogP contribution in [0, 0.1) is 5.41 Å². The number of nitrogens with zero attached hydrogens (tertiary/aromatic N) is 4. The van der Waals surface area contributed by atoms with E-state index in [0.29, 0.717) is 17.9 Å². The maximum Gasteiger partial charge on any atom is 0.410 e. The number of ether oxygens (including phenoxy) is 3. The van der Waals surface area contributed by atoms with E-state index >= 15 is 0 Å². The fourth-order valence-electron chi connectivity index (χ4n) is 6.36. The van der Waals surface area contributed by atoms with E-state index in [1.807, 2.05) is 20.8 Å². The Balaban J connectivity index is 1.43. The van der Waals surface area contributed by atoms with Gasteiger partial charge in [0.1, 0.15) is 11.8 Å². The van der Waals surface area contributed by atoms with Crippen LogP contribution in [-0.4, -0.2) is 77.3 Å². The Morgan fingerprint density at radius 3 is 2.43 bits per heavy atom. The molecule has 37 heavy (non-hydrogen) atoms. The lowest BCUT2D eigenvalue weighted by Crippen LogP contribution is -2.42. The Kier molecular flexibility index (Phi) is 8.61. The van der Waals surface area contributed by atoms with Crippen molar-refractivity contribution in [2.45, 2.75) is 116 Å². The van der Waals surface area contributed by atoms with Crippen LogP contribution in [0.4, 0.5) is 4.79 Å². The summed E-state index contributed by atoms with van der Waals surface area (Å²) >= 11 is 0. The number of hydrogen-bond donors (Lipinski definition) is 0. The largest absolute Gasteiger partial charge is 0.444 e. The fraction of sp³-hybridized carbons (Fsp3) is 0.862. The first-order valence-electron chi connectivity index (χ1n) is 14.4. The number of hydrogen-bond acceptors (Lipinski definition) is 6. The summed E-state index contributed by atoms with van der Waals surface area (Å²) in [5, 5.41) is 5.17. The van der Waals surface area contributed by atoms with Crippen LogP contribution in [0.1, 0.15) is 109 Å². The van der Waals surface area contributed by atoms with E-state index in [2.05, 4.69) is 36.7 Å². The molecule has 3 aliphatic rings. The Bertz CT molecular complexity index is 907. The second-order valence-corrected chi connectivity index (χ2v) is 13.1. The monoisotopic (exact) mass is 518 g/mol. The number of amides is 1. The van der Waals surface area contributed by atoms with Crippen molar-refractivity contribution in [2.75, 3.05) is 40.4 Å². The molecular weight excluding hydrogens is 468 g/mol. The zero-order valence-corrected chi connectivity index (χ0v) is 24.3. The highest BCUT2D eigenvalue weighted by Crippen LogP contribution is 2.55. The van der Waals surface area contributed by atoms with Gasteiger partial charge in [0.25, 0.3) is 0 Å². The minimum absolute atomic E-state index is 0.0313. The molecule has 1 amide bonds. The minimum Gasteiger partial charge on any atom is -0.444 e. The van der Waals surface area contributed by atoms with E-state index in [0.717, 1.165) is 52.0 Å². The van der Waals surface area contributed by atoms with E-state index in [4.69, 9.17) is 19.3 Å². The Morgan fingerprint density at radius 1 is 1.11 bits per heavy atom. The van der Waals surface area contributed by atoms with Crippen LogP contribution >= 0.6 is 0 Å². The minimum atomic E-state index is -0.486. The first kappa shape index (κ1) is 28.4. The van der Waals surface area contributed by atoms with Crippen LogP contribution in [0.5, 0.6) is 0 Å². The molecule has 1 aromatic heterocycles. The summed E-state index contributed by atoms with van der Waals surface area (Å²) in [5.41, 5.74) is 2.33. The molecule has 1 saturated carbocycles. The van der Waals surface area contributed by atoms with Crippen LogP contribution in [0.15, 0.2) is 6.20 Å². The quantitative estimate of drug-likeness (QED) is 0.460. The maximum atomic E-state index is 12.4. The Labute approximate surface area is 224 Å². The highest BCUT2D eigenvalue weighted by molar-refractivity contribution is 5.67. The molecule has 0 bridgehead atoms. The third kappa shape index (κ3) is 6.69. The fourth-order valence-corrected chi connectivity index (χ4v) is 6.36. The third-order valence-electron chi connectivity index (χ3n) is 8.90. The summed E-state index contributed by atoms with van der Waals surface area (Å²) in [6.45, 7) is 14.1. The van der Waals surface area contributed by atoms with Gasteiger partial charge in [0.15, 0.2) is 0 Å². The number of likely N-dealkylation sites (N-methyl/N-ethyl adjacent to an activating group) is 2. The number of carbonyl (C=O) groups is 1. The predicted molar refractivity (Wildman–Crippen MR) is 145 cm³/mol. The molecule has 0 radical (unpaired) electrons. The summed E-state index contributed by atoms with van der Waals surface area (Å²) in [4.78, 5) is 16.3. The van der Waals surface area contributed by atoms with Crippen LogP contribution in [0.25, 0.3) is 0 Å². The number of rotatable bonds is 7. The lowest BCUT2D eigenvalue weighted by molar-refractivity contribution is -0.0514. The molecule has 8 heteroatoms. The molecule has 0 N–H and O–H groups in total. The van der Waals surface area contributed by atoms with Gasteiger partial charge in [-0.3, -0.25) is 0 Å². The summed E-state index contributed by atoms with van der Waals surface area (Å²) in [6, 6.07) is 0.